The average Bonchev–Trinajstić information content (AvgIpc) is 3.46. The second kappa shape index (κ2) is 22.8. The zero-order valence-electron chi connectivity index (χ0n) is 45.9. The topological polar surface area (TPSA) is 40.5 Å². The predicted molar refractivity (Wildman–Crippen MR) is 364 cm³/mol. The molecule has 2 nitrogen and oxygen atoms in total. The fourth-order valence-electron chi connectivity index (χ4n) is 12.6. The van der Waals surface area contributed by atoms with Crippen LogP contribution in [-0.4, -0.2) is 17.2 Å². The summed E-state index contributed by atoms with van der Waals surface area (Å²) < 4.78 is 1.13. The van der Waals surface area contributed by atoms with Gasteiger partial charge in [-0.1, -0.05) is 301 Å². The molecule has 0 heterocycles. The molecule has 0 unspecified atom stereocenters. The normalized spacial score (nSPS) is 11.3. The Balaban J connectivity index is 0.000000124. The summed E-state index contributed by atoms with van der Waals surface area (Å²) in [4.78, 5) is 0. The van der Waals surface area contributed by atoms with Gasteiger partial charge in [0.25, 0.3) is 0 Å². The molecule has 4 heteroatoms. The smallest absolute Gasteiger partial charge is 0.423 e. The SMILES string of the molecule is Brc1ccc2ccc3ccccc3c2c1.OB(O)c1c2ccccc2c(-c2cccc(-c3ccccc3)c2)c2ccccc12.c1ccc(-c2cccc(-c3c4ccccc4c(-c4ccc5ccc6ccccc6c5c4)c4ccccc34)c2)cc1. The van der Waals surface area contributed by atoms with Crippen LogP contribution in [0.2, 0.25) is 0 Å². The second-order valence-electron chi connectivity index (χ2n) is 21.4. The molecule has 396 valence electrons. The van der Waals surface area contributed by atoms with Crippen molar-refractivity contribution in [1.82, 2.24) is 0 Å². The van der Waals surface area contributed by atoms with Crippen molar-refractivity contribution in [3.05, 3.63) is 320 Å². The number of fused-ring (bicyclic) bond motifs is 10. The van der Waals surface area contributed by atoms with Crippen LogP contribution >= 0.6 is 15.9 Å². The molecule has 2 N–H and O–H groups in total. The van der Waals surface area contributed by atoms with Crippen LogP contribution in [0, 0.1) is 0 Å². The minimum atomic E-state index is -1.53. The van der Waals surface area contributed by atoms with Crippen molar-refractivity contribution in [2.24, 2.45) is 0 Å². The van der Waals surface area contributed by atoms with Gasteiger partial charge < -0.3 is 10.0 Å². The molecule has 16 aromatic carbocycles. The van der Waals surface area contributed by atoms with E-state index in [4.69, 9.17) is 0 Å². The van der Waals surface area contributed by atoms with Gasteiger partial charge >= 0.3 is 7.12 Å². The highest BCUT2D eigenvalue weighted by atomic mass is 79.9. The molecule has 0 aliphatic rings. The Morgan fingerprint density at radius 1 is 0.202 bits per heavy atom. The number of benzene rings is 16. The zero-order valence-corrected chi connectivity index (χ0v) is 47.5. The molecule has 16 aromatic rings. The number of hydrogen-bond acceptors (Lipinski definition) is 2. The Morgan fingerprint density at radius 2 is 0.488 bits per heavy atom. The first kappa shape index (κ1) is 52.2. The van der Waals surface area contributed by atoms with Crippen molar-refractivity contribution in [2.75, 3.05) is 0 Å². The molecule has 0 aromatic heterocycles. The van der Waals surface area contributed by atoms with Crippen LogP contribution in [-0.2, 0) is 0 Å². The largest absolute Gasteiger partial charge is 0.489 e. The van der Waals surface area contributed by atoms with E-state index in [1.807, 2.05) is 54.6 Å². The molecule has 84 heavy (non-hydrogen) atoms. The lowest BCUT2D eigenvalue weighted by molar-refractivity contribution is 0.426. The van der Waals surface area contributed by atoms with E-state index in [9.17, 15) is 10.0 Å². The van der Waals surface area contributed by atoms with E-state index in [-0.39, 0.29) is 0 Å². The van der Waals surface area contributed by atoms with Crippen LogP contribution in [0.5, 0.6) is 0 Å². The minimum absolute atomic E-state index is 0.555. The van der Waals surface area contributed by atoms with Gasteiger partial charge in [-0.15, -0.1) is 0 Å². The first-order chi connectivity index (χ1) is 41.4. The van der Waals surface area contributed by atoms with Crippen molar-refractivity contribution in [3.8, 4) is 55.6 Å². The Bertz CT molecular complexity index is 5020. The van der Waals surface area contributed by atoms with Crippen LogP contribution in [0.3, 0.4) is 0 Å². The lowest BCUT2D eigenvalue weighted by Gasteiger charge is -2.18. The molecule has 0 saturated heterocycles. The first-order valence-electron chi connectivity index (χ1n) is 28.5. The van der Waals surface area contributed by atoms with Gasteiger partial charge in [0.05, 0.1) is 0 Å². The van der Waals surface area contributed by atoms with Crippen LogP contribution in [0.1, 0.15) is 0 Å². The highest BCUT2D eigenvalue weighted by Gasteiger charge is 2.23. The minimum Gasteiger partial charge on any atom is -0.423 e. The Kier molecular flexibility index (Phi) is 14.1. The van der Waals surface area contributed by atoms with E-state index >= 15 is 0 Å². The van der Waals surface area contributed by atoms with Crippen molar-refractivity contribution in [1.29, 1.82) is 0 Å². The standard InChI is InChI=1S/C40H26.C26H19BO2.C14H9Br/c1-2-11-27(12-3-1)30-14-10-15-31(25-30)39-34-17-6-8-19-36(34)40(37-20-9-7-18-35(37)39)32-24-23-29-22-21-28-13-4-5-16-33(28)38(29)26-32;28-27(29)26-23-15-6-4-13-21(23)25(22-14-5-7-16-24(22)26)20-12-8-11-19(17-20)18-9-2-1-3-10-18;15-12-8-7-11-6-5-10-3-1-2-4-13(10)14(11)9-12/h1-26H;1-17,28-29H;1-9H. The summed E-state index contributed by atoms with van der Waals surface area (Å²) in [6.07, 6.45) is 0. The molecule has 0 bridgehead atoms. The summed E-state index contributed by atoms with van der Waals surface area (Å²) >= 11 is 3.52. The molecule has 0 aliphatic heterocycles. The first-order valence-corrected chi connectivity index (χ1v) is 29.3. The van der Waals surface area contributed by atoms with E-state index in [2.05, 4.69) is 277 Å². The molecule has 0 amide bonds. The van der Waals surface area contributed by atoms with Crippen molar-refractivity contribution in [2.45, 2.75) is 0 Å². The van der Waals surface area contributed by atoms with Crippen molar-refractivity contribution < 1.29 is 10.0 Å². The summed E-state index contributed by atoms with van der Waals surface area (Å²) in [6, 6.07) is 112. The van der Waals surface area contributed by atoms with Crippen LogP contribution in [0.4, 0.5) is 0 Å². The fraction of sp³-hybridized carbons (Fsp3) is 0. The Hall–Kier alpha value is -9.94. The van der Waals surface area contributed by atoms with E-state index in [0.717, 1.165) is 42.7 Å². The lowest BCUT2D eigenvalue weighted by atomic mass is 9.72. The van der Waals surface area contributed by atoms with Crippen molar-refractivity contribution in [3.63, 3.8) is 0 Å². The van der Waals surface area contributed by atoms with Gasteiger partial charge in [0.15, 0.2) is 0 Å². The van der Waals surface area contributed by atoms with Gasteiger partial charge in [-0.3, -0.25) is 0 Å². The Morgan fingerprint density at radius 3 is 0.905 bits per heavy atom. The van der Waals surface area contributed by atoms with E-state index in [1.54, 1.807) is 0 Å². The molecule has 0 atom stereocenters. The zero-order chi connectivity index (χ0) is 56.5. The maximum absolute atomic E-state index is 10.1. The van der Waals surface area contributed by atoms with Gasteiger partial charge in [0, 0.05) is 4.47 Å². The summed E-state index contributed by atoms with van der Waals surface area (Å²) in [5.74, 6) is 0. The molecule has 0 spiro atoms. The molecule has 0 fully saturated rings. The number of halogens is 1. The van der Waals surface area contributed by atoms with Gasteiger partial charge in [-0.25, -0.2) is 0 Å². The predicted octanol–water partition coefficient (Wildman–Crippen LogP) is 21.1. The second-order valence-corrected chi connectivity index (χ2v) is 22.3. The third-order valence-electron chi connectivity index (χ3n) is 16.4. The molecule has 0 radical (unpaired) electrons. The quantitative estimate of drug-likeness (QED) is 0.0990. The Labute approximate surface area is 497 Å². The molecule has 16 rings (SSSR count). The van der Waals surface area contributed by atoms with Crippen LogP contribution in [0.15, 0.2) is 320 Å². The van der Waals surface area contributed by atoms with Crippen LogP contribution in [0.25, 0.3) is 142 Å². The molecule has 0 aliphatic carbocycles. The van der Waals surface area contributed by atoms with Crippen LogP contribution < -0.4 is 5.46 Å². The van der Waals surface area contributed by atoms with Gasteiger partial charge in [-0.2, -0.15) is 0 Å². The van der Waals surface area contributed by atoms with E-state index in [1.165, 1.54) is 104 Å². The van der Waals surface area contributed by atoms with Crippen molar-refractivity contribution >= 4 is 115 Å². The third kappa shape index (κ3) is 9.87. The number of rotatable bonds is 6. The van der Waals surface area contributed by atoms with Gasteiger partial charge in [-0.05, 0) is 178 Å². The summed E-state index contributed by atoms with van der Waals surface area (Å²) in [6.45, 7) is 0. The summed E-state index contributed by atoms with van der Waals surface area (Å²) in [5.41, 5.74) is 12.6. The molecular formula is C80H54BBrO2. The highest BCUT2D eigenvalue weighted by molar-refractivity contribution is 9.10. The van der Waals surface area contributed by atoms with Gasteiger partial charge in [0.2, 0.25) is 0 Å². The highest BCUT2D eigenvalue weighted by Crippen LogP contribution is 2.45. The van der Waals surface area contributed by atoms with E-state index < -0.39 is 7.12 Å². The molecular weight excluding hydrogens is 1080 g/mol. The maximum Gasteiger partial charge on any atom is 0.489 e. The lowest BCUT2D eigenvalue weighted by Crippen LogP contribution is -2.31. The maximum atomic E-state index is 10.1. The summed E-state index contributed by atoms with van der Waals surface area (Å²) in [7, 11) is -1.53. The number of hydrogen-bond donors (Lipinski definition) is 2. The average molecular weight is 1140 g/mol. The third-order valence-corrected chi connectivity index (χ3v) is 16.9. The van der Waals surface area contributed by atoms with E-state index in [0.29, 0.717) is 5.46 Å². The summed E-state index contributed by atoms with van der Waals surface area (Å²) in [5, 5.41) is 39.5. The fourth-order valence-corrected chi connectivity index (χ4v) is 13.0. The molecule has 0 saturated carbocycles. The monoisotopic (exact) mass is 1140 g/mol. The van der Waals surface area contributed by atoms with Gasteiger partial charge in [0.1, 0.15) is 0 Å².